The van der Waals surface area contributed by atoms with Gasteiger partial charge in [0.05, 0.1) is 15.7 Å². The predicted molar refractivity (Wildman–Crippen MR) is 80.3 cm³/mol. The van der Waals surface area contributed by atoms with Crippen LogP contribution in [0.5, 0.6) is 5.75 Å². The number of rotatable bonds is 2. The van der Waals surface area contributed by atoms with Crippen LogP contribution in [-0.4, -0.2) is 6.09 Å². The SMILES string of the molecule is O=C(Nc1ccc(Br)c(Cl)c1Cl)Oc1ccccc1. The zero-order valence-electron chi connectivity index (χ0n) is 9.49. The van der Waals surface area contributed by atoms with Crippen LogP contribution >= 0.6 is 39.1 Å². The number of halogens is 3. The normalized spacial score (nSPS) is 10.1. The summed E-state index contributed by atoms with van der Waals surface area (Å²) in [7, 11) is 0. The van der Waals surface area contributed by atoms with Gasteiger partial charge >= 0.3 is 6.09 Å². The fourth-order valence-corrected chi connectivity index (χ4v) is 2.17. The van der Waals surface area contributed by atoms with Gasteiger partial charge in [-0.05, 0) is 40.2 Å². The van der Waals surface area contributed by atoms with Crippen molar-refractivity contribution in [2.45, 2.75) is 0 Å². The summed E-state index contributed by atoms with van der Waals surface area (Å²) in [5, 5.41) is 3.11. The lowest BCUT2D eigenvalue weighted by atomic mass is 10.3. The molecule has 0 atom stereocenters. The number of hydrogen-bond acceptors (Lipinski definition) is 2. The Morgan fingerprint density at radius 3 is 2.42 bits per heavy atom. The summed E-state index contributed by atoms with van der Waals surface area (Å²) in [6, 6.07) is 12.0. The summed E-state index contributed by atoms with van der Waals surface area (Å²) < 4.78 is 5.73. The predicted octanol–water partition coefficient (Wildman–Crippen LogP) is 5.37. The van der Waals surface area contributed by atoms with E-state index in [0.29, 0.717) is 20.9 Å². The molecule has 0 aliphatic heterocycles. The molecule has 0 saturated carbocycles. The number of carbonyl (C=O) groups is 1. The van der Waals surface area contributed by atoms with Crippen LogP contribution in [0.4, 0.5) is 10.5 Å². The molecule has 0 aliphatic carbocycles. The van der Waals surface area contributed by atoms with Gasteiger partial charge in [0.2, 0.25) is 0 Å². The molecule has 3 nitrogen and oxygen atoms in total. The topological polar surface area (TPSA) is 38.3 Å². The maximum Gasteiger partial charge on any atom is 0.417 e. The van der Waals surface area contributed by atoms with Crippen LogP contribution in [0.2, 0.25) is 10.0 Å². The van der Waals surface area contributed by atoms with E-state index in [1.807, 2.05) is 6.07 Å². The van der Waals surface area contributed by atoms with Crippen molar-refractivity contribution in [1.82, 2.24) is 0 Å². The minimum Gasteiger partial charge on any atom is -0.410 e. The molecule has 6 heteroatoms. The highest BCUT2D eigenvalue weighted by molar-refractivity contribution is 9.10. The standard InChI is InChI=1S/C13H8BrCl2NO2/c14-9-6-7-10(12(16)11(9)15)17-13(18)19-8-4-2-1-3-5-8/h1-7H,(H,17,18). The molecule has 1 N–H and O–H groups in total. The van der Waals surface area contributed by atoms with E-state index in [0.717, 1.165) is 0 Å². The van der Waals surface area contributed by atoms with Crippen LogP contribution in [0.3, 0.4) is 0 Å². The van der Waals surface area contributed by atoms with Gasteiger partial charge in [0.25, 0.3) is 0 Å². The van der Waals surface area contributed by atoms with E-state index in [-0.39, 0.29) is 5.02 Å². The molecule has 0 spiro atoms. The number of para-hydroxylation sites is 1. The van der Waals surface area contributed by atoms with Crippen molar-refractivity contribution in [2.24, 2.45) is 0 Å². The van der Waals surface area contributed by atoms with Gasteiger partial charge in [0.15, 0.2) is 0 Å². The van der Waals surface area contributed by atoms with Gasteiger partial charge in [-0.2, -0.15) is 0 Å². The Hall–Kier alpha value is -1.23. The third kappa shape index (κ3) is 3.62. The summed E-state index contributed by atoms with van der Waals surface area (Å²) in [5.41, 5.74) is 0.385. The van der Waals surface area contributed by atoms with Crippen molar-refractivity contribution >= 4 is 50.9 Å². The first-order valence-corrected chi connectivity index (χ1v) is 6.80. The zero-order chi connectivity index (χ0) is 13.8. The van der Waals surface area contributed by atoms with Gasteiger partial charge in [0.1, 0.15) is 5.75 Å². The molecule has 0 radical (unpaired) electrons. The molecule has 0 aromatic heterocycles. The van der Waals surface area contributed by atoms with E-state index in [1.165, 1.54) is 0 Å². The lowest BCUT2D eigenvalue weighted by molar-refractivity contribution is 0.215. The van der Waals surface area contributed by atoms with Crippen LogP contribution in [0, 0.1) is 0 Å². The average molecular weight is 361 g/mol. The second kappa shape index (κ2) is 6.28. The first-order chi connectivity index (χ1) is 9.08. The third-order valence-corrected chi connectivity index (χ3v) is 4.00. The number of anilines is 1. The molecule has 0 bridgehead atoms. The van der Waals surface area contributed by atoms with Crippen molar-refractivity contribution in [2.75, 3.05) is 5.32 Å². The van der Waals surface area contributed by atoms with E-state index in [2.05, 4.69) is 21.2 Å². The minimum absolute atomic E-state index is 0.251. The monoisotopic (exact) mass is 359 g/mol. The van der Waals surface area contributed by atoms with Crippen molar-refractivity contribution < 1.29 is 9.53 Å². The number of ether oxygens (including phenoxy) is 1. The lowest BCUT2D eigenvalue weighted by Crippen LogP contribution is -2.16. The summed E-state index contributed by atoms with van der Waals surface area (Å²) in [6.45, 7) is 0. The third-order valence-electron chi connectivity index (χ3n) is 2.23. The van der Waals surface area contributed by atoms with Crippen molar-refractivity contribution in [1.29, 1.82) is 0 Å². The molecule has 2 aromatic carbocycles. The first-order valence-electron chi connectivity index (χ1n) is 5.25. The van der Waals surface area contributed by atoms with Crippen molar-refractivity contribution in [3.05, 3.63) is 57.0 Å². The minimum atomic E-state index is -0.633. The second-order valence-corrected chi connectivity index (χ2v) is 5.16. The Morgan fingerprint density at radius 2 is 1.74 bits per heavy atom. The van der Waals surface area contributed by atoms with Crippen LogP contribution in [0.1, 0.15) is 0 Å². The Labute approximate surface area is 128 Å². The number of carbonyl (C=O) groups excluding carboxylic acids is 1. The van der Waals surface area contributed by atoms with Gasteiger partial charge < -0.3 is 4.74 Å². The van der Waals surface area contributed by atoms with E-state index in [4.69, 9.17) is 27.9 Å². The number of nitrogens with one attached hydrogen (secondary N) is 1. The number of amides is 1. The van der Waals surface area contributed by atoms with Gasteiger partial charge in [0, 0.05) is 4.47 Å². The molecule has 0 fully saturated rings. The summed E-state index contributed by atoms with van der Waals surface area (Å²) in [4.78, 5) is 11.7. The molecular weight excluding hydrogens is 353 g/mol. The van der Waals surface area contributed by atoms with Gasteiger partial charge in [-0.15, -0.1) is 0 Å². The molecule has 2 aromatic rings. The molecular formula is C13H8BrCl2NO2. The lowest BCUT2D eigenvalue weighted by Gasteiger charge is -2.09. The summed E-state index contributed by atoms with van der Waals surface area (Å²) in [5.74, 6) is 0.444. The first kappa shape index (κ1) is 14.2. The van der Waals surface area contributed by atoms with E-state index in [1.54, 1.807) is 36.4 Å². The Kier molecular flexibility index (Phi) is 4.69. The van der Waals surface area contributed by atoms with Crippen LogP contribution < -0.4 is 10.1 Å². The number of hydrogen-bond donors (Lipinski definition) is 1. The molecule has 19 heavy (non-hydrogen) atoms. The molecule has 1 amide bonds. The molecule has 0 unspecified atom stereocenters. The number of benzene rings is 2. The Morgan fingerprint density at radius 1 is 1.05 bits per heavy atom. The van der Waals surface area contributed by atoms with Gasteiger partial charge in [-0.3, -0.25) is 5.32 Å². The smallest absolute Gasteiger partial charge is 0.410 e. The quantitative estimate of drug-likeness (QED) is 0.731. The highest BCUT2D eigenvalue weighted by Crippen LogP contribution is 2.35. The van der Waals surface area contributed by atoms with Crippen LogP contribution in [-0.2, 0) is 0 Å². The van der Waals surface area contributed by atoms with Crippen LogP contribution in [0.15, 0.2) is 46.9 Å². The summed E-state index contributed by atoms with van der Waals surface area (Å²) in [6.07, 6.45) is -0.633. The molecule has 0 heterocycles. The van der Waals surface area contributed by atoms with Gasteiger partial charge in [-0.1, -0.05) is 41.4 Å². The molecule has 2 rings (SSSR count). The van der Waals surface area contributed by atoms with Crippen molar-refractivity contribution in [3.63, 3.8) is 0 Å². The second-order valence-electron chi connectivity index (χ2n) is 3.55. The van der Waals surface area contributed by atoms with Crippen LogP contribution in [0.25, 0.3) is 0 Å². The average Bonchev–Trinajstić information content (AvgIpc) is 2.41. The fraction of sp³-hybridized carbons (Fsp3) is 0. The summed E-state index contributed by atoms with van der Waals surface area (Å²) >= 11 is 15.2. The fourth-order valence-electron chi connectivity index (χ4n) is 1.35. The van der Waals surface area contributed by atoms with E-state index >= 15 is 0 Å². The molecule has 0 aliphatic rings. The zero-order valence-corrected chi connectivity index (χ0v) is 12.6. The maximum absolute atomic E-state index is 11.7. The Balaban J connectivity index is 2.10. The highest BCUT2D eigenvalue weighted by Gasteiger charge is 2.12. The van der Waals surface area contributed by atoms with E-state index in [9.17, 15) is 4.79 Å². The van der Waals surface area contributed by atoms with Gasteiger partial charge in [-0.25, -0.2) is 4.79 Å². The molecule has 98 valence electrons. The molecule has 0 saturated heterocycles. The Bertz CT molecular complexity index is 605. The maximum atomic E-state index is 11.7. The van der Waals surface area contributed by atoms with E-state index < -0.39 is 6.09 Å². The largest absolute Gasteiger partial charge is 0.417 e. The highest BCUT2D eigenvalue weighted by atomic mass is 79.9. The van der Waals surface area contributed by atoms with Crippen molar-refractivity contribution in [3.8, 4) is 5.75 Å².